The van der Waals surface area contributed by atoms with Crippen molar-refractivity contribution in [3.05, 3.63) is 15.6 Å². The SMILES string of the molecule is Cc1nc(C)c(C(C)N2CC(N)C2=O)s1. The summed E-state index contributed by atoms with van der Waals surface area (Å²) in [5.74, 6) is 0.0490. The van der Waals surface area contributed by atoms with Crippen molar-refractivity contribution in [3.63, 3.8) is 0 Å². The molecule has 0 aliphatic carbocycles. The van der Waals surface area contributed by atoms with Crippen molar-refractivity contribution in [2.75, 3.05) is 6.54 Å². The predicted octanol–water partition coefficient (Wildman–Crippen LogP) is 0.990. The summed E-state index contributed by atoms with van der Waals surface area (Å²) in [6.07, 6.45) is 0. The predicted molar refractivity (Wildman–Crippen MR) is 59.7 cm³/mol. The van der Waals surface area contributed by atoms with Crippen LogP contribution in [-0.4, -0.2) is 28.4 Å². The number of amides is 1. The van der Waals surface area contributed by atoms with E-state index in [1.54, 1.807) is 11.3 Å². The summed E-state index contributed by atoms with van der Waals surface area (Å²) in [7, 11) is 0. The summed E-state index contributed by atoms with van der Waals surface area (Å²) in [5.41, 5.74) is 6.59. The maximum absolute atomic E-state index is 11.5. The third kappa shape index (κ3) is 1.66. The smallest absolute Gasteiger partial charge is 0.241 e. The summed E-state index contributed by atoms with van der Waals surface area (Å²) in [6, 6.07) is -0.176. The van der Waals surface area contributed by atoms with Gasteiger partial charge < -0.3 is 10.6 Å². The molecule has 0 radical (unpaired) electrons. The number of hydrogen-bond donors (Lipinski definition) is 1. The Hall–Kier alpha value is -0.940. The van der Waals surface area contributed by atoms with Crippen LogP contribution in [0.15, 0.2) is 0 Å². The van der Waals surface area contributed by atoms with Crippen LogP contribution < -0.4 is 5.73 Å². The molecule has 0 spiro atoms. The number of aromatic nitrogens is 1. The highest BCUT2D eigenvalue weighted by Gasteiger charge is 2.38. The van der Waals surface area contributed by atoms with Gasteiger partial charge in [-0.05, 0) is 20.8 Å². The van der Waals surface area contributed by atoms with Crippen LogP contribution >= 0.6 is 11.3 Å². The topological polar surface area (TPSA) is 59.2 Å². The van der Waals surface area contributed by atoms with Crippen molar-refractivity contribution < 1.29 is 4.79 Å². The van der Waals surface area contributed by atoms with Gasteiger partial charge in [-0.15, -0.1) is 11.3 Å². The van der Waals surface area contributed by atoms with Gasteiger partial charge in [0.15, 0.2) is 0 Å². The number of nitrogens with two attached hydrogens (primary N) is 1. The standard InChI is InChI=1S/C10H15N3OS/c1-5-9(15-7(3)12-5)6(2)13-4-8(11)10(13)14/h6,8H,4,11H2,1-3H3. The molecule has 2 atom stereocenters. The molecule has 2 unspecified atom stereocenters. The number of β-lactam (4-membered cyclic amide) rings is 1. The van der Waals surface area contributed by atoms with Crippen molar-refractivity contribution in [2.45, 2.75) is 32.9 Å². The van der Waals surface area contributed by atoms with Crippen LogP contribution in [0.1, 0.15) is 28.5 Å². The van der Waals surface area contributed by atoms with Gasteiger partial charge in [0.1, 0.15) is 6.04 Å². The van der Waals surface area contributed by atoms with Crippen molar-refractivity contribution in [1.29, 1.82) is 0 Å². The maximum atomic E-state index is 11.5. The largest absolute Gasteiger partial charge is 0.332 e. The van der Waals surface area contributed by atoms with Crippen LogP contribution in [0.2, 0.25) is 0 Å². The highest BCUT2D eigenvalue weighted by molar-refractivity contribution is 7.11. The van der Waals surface area contributed by atoms with E-state index < -0.39 is 0 Å². The van der Waals surface area contributed by atoms with Crippen molar-refractivity contribution >= 4 is 17.2 Å². The third-order valence-electron chi connectivity index (χ3n) is 2.78. The molecule has 1 aliphatic rings. The fraction of sp³-hybridized carbons (Fsp3) is 0.600. The molecule has 1 aliphatic heterocycles. The minimum absolute atomic E-state index is 0.0490. The normalized spacial score (nSPS) is 22.8. The number of rotatable bonds is 2. The minimum atomic E-state index is -0.290. The Balaban J connectivity index is 2.18. The zero-order valence-corrected chi connectivity index (χ0v) is 9.97. The fourth-order valence-electron chi connectivity index (χ4n) is 1.91. The van der Waals surface area contributed by atoms with Gasteiger partial charge in [0.2, 0.25) is 5.91 Å². The van der Waals surface area contributed by atoms with Gasteiger partial charge in [0.05, 0.1) is 16.7 Å². The average Bonchev–Trinajstić information content (AvgIpc) is 2.52. The Kier molecular flexibility index (Phi) is 2.52. The summed E-state index contributed by atoms with van der Waals surface area (Å²) in [5, 5.41) is 1.05. The molecule has 1 aromatic rings. The van der Waals surface area contributed by atoms with Crippen molar-refractivity contribution in [2.24, 2.45) is 5.73 Å². The summed E-state index contributed by atoms with van der Waals surface area (Å²) in [6.45, 7) is 6.66. The summed E-state index contributed by atoms with van der Waals surface area (Å²) >= 11 is 1.66. The summed E-state index contributed by atoms with van der Waals surface area (Å²) in [4.78, 5) is 18.8. The second-order valence-electron chi connectivity index (χ2n) is 3.96. The minimum Gasteiger partial charge on any atom is -0.332 e. The Bertz CT molecular complexity index is 401. The second-order valence-corrected chi connectivity index (χ2v) is 5.19. The molecule has 0 saturated carbocycles. The number of likely N-dealkylation sites (tertiary alicyclic amines) is 1. The molecule has 2 N–H and O–H groups in total. The Morgan fingerprint density at radius 1 is 1.60 bits per heavy atom. The molecular weight excluding hydrogens is 210 g/mol. The van der Waals surface area contributed by atoms with Crippen molar-refractivity contribution in [1.82, 2.24) is 9.88 Å². The van der Waals surface area contributed by atoms with E-state index in [-0.39, 0.29) is 18.0 Å². The molecule has 1 saturated heterocycles. The first-order chi connectivity index (χ1) is 7.00. The van der Waals surface area contributed by atoms with Gasteiger partial charge in [-0.2, -0.15) is 0 Å². The van der Waals surface area contributed by atoms with Crippen molar-refractivity contribution in [3.8, 4) is 0 Å². The van der Waals surface area contributed by atoms with Gasteiger partial charge in [-0.1, -0.05) is 0 Å². The molecule has 5 heteroatoms. The second kappa shape index (κ2) is 3.57. The first-order valence-electron chi connectivity index (χ1n) is 5.00. The van der Waals surface area contributed by atoms with E-state index in [1.807, 2.05) is 25.7 Å². The van der Waals surface area contributed by atoms with E-state index >= 15 is 0 Å². The van der Waals surface area contributed by atoms with E-state index in [4.69, 9.17) is 5.73 Å². The highest BCUT2D eigenvalue weighted by atomic mass is 32.1. The molecule has 2 heterocycles. The number of carbonyl (C=O) groups excluding carboxylic acids is 1. The van der Waals surface area contributed by atoms with Crippen LogP contribution in [0.4, 0.5) is 0 Å². The molecule has 0 bridgehead atoms. The molecular formula is C10H15N3OS. The lowest BCUT2D eigenvalue weighted by molar-refractivity contribution is -0.145. The summed E-state index contributed by atoms with van der Waals surface area (Å²) < 4.78 is 0. The molecule has 1 fully saturated rings. The van der Waals surface area contributed by atoms with Gasteiger partial charge in [0.25, 0.3) is 0 Å². The average molecular weight is 225 g/mol. The lowest BCUT2D eigenvalue weighted by atomic mass is 10.0. The first-order valence-corrected chi connectivity index (χ1v) is 5.82. The number of nitrogens with zero attached hydrogens (tertiary/aromatic N) is 2. The quantitative estimate of drug-likeness (QED) is 0.764. The Labute approximate surface area is 93.1 Å². The molecule has 1 aromatic heterocycles. The van der Waals surface area contributed by atoms with E-state index in [9.17, 15) is 4.79 Å². The zero-order valence-electron chi connectivity index (χ0n) is 9.15. The van der Waals surface area contributed by atoms with E-state index in [2.05, 4.69) is 4.98 Å². The third-order valence-corrected chi connectivity index (χ3v) is 4.02. The lowest BCUT2D eigenvalue weighted by Gasteiger charge is -2.40. The Morgan fingerprint density at radius 2 is 2.27 bits per heavy atom. The number of aryl methyl sites for hydroxylation is 2. The molecule has 0 aromatic carbocycles. The first kappa shape index (κ1) is 10.6. The van der Waals surface area contributed by atoms with Crippen LogP contribution in [0.25, 0.3) is 0 Å². The number of thiazole rings is 1. The zero-order chi connectivity index (χ0) is 11.2. The van der Waals surface area contributed by atoms with Gasteiger partial charge >= 0.3 is 0 Å². The van der Waals surface area contributed by atoms with Crippen LogP contribution in [0.3, 0.4) is 0 Å². The van der Waals surface area contributed by atoms with Crippen LogP contribution in [-0.2, 0) is 4.79 Å². The fourth-order valence-corrected chi connectivity index (χ4v) is 2.90. The lowest BCUT2D eigenvalue weighted by Crippen LogP contribution is -2.61. The van der Waals surface area contributed by atoms with Gasteiger partial charge in [-0.25, -0.2) is 4.98 Å². The van der Waals surface area contributed by atoms with E-state index in [1.165, 1.54) is 4.88 Å². The Morgan fingerprint density at radius 3 is 2.67 bits per heavy atom. The highest BCUT2D eigenvalue weighted by Crippen LogP contribution is 2.31. The van der Waals surface area contributed by atoms with E-state index in [0.717, 1.165) is 10.7 Å². The van der Waals surface area contributed by atoms with Crippen LogP contribution in [0.5, 0.6) is 0 Å². The van der Waals surface area contributed by atoms with E-state index in [0.29, 0.717) is 6.54 Å². The molecule has 15 heavy (non-hydrogen) atoms. The molecule has 4 nitrogen and oxygen atoms in total. The number of carbonyl (C=O) groups is 1. The monoisotopic (exact) mass is 225 g/mol. The molecule has 82 valence electrons. The maximum Gasteiger partial charge on any atom is 0.241 e. The molecule has 1 amide bonds. The molecule has 2 rings (SSSR count). The van der Waals surface area contributed by atoms with Gasteiger partial charge in [0, 0.05) is 11.4 Å². The number of hydrogen-bond acceptors (Lipinski definition) is 4. The van der Waals surface area contributed by atoms with Gasteiger partial charge in [-0.3, -0.25) is 4.79 Å². The van der Waals surface area contributed by atoms with Crippen LogP contribution in [0, 0.1) is 13.8 Å².